The van der Waals surface area contributed by atoms with E-state index in [0.717, 1.165) is 6.21 Å². The highest BCUT2D eigenvalue weighted by molar-refractivity contribution is 5.96. The van der Waals surface area contributed by atoms with Crippen molar-refractivity contribution < 1.29 is 14.7 Å². The number of hydrogen-bond donors (Lipinski definition) is 2. The minimum atomic E-state index is -0.639. The highest BCUT2D eigenvalue weighted by atomic mass is 16.5. The Kier molecular flexibility index (Phi) is 3.55. The van der Waals surface area contributed by atoms with Gasteiger partial charge >= 0.3 is 5.97 Å². The highest BCUT2D eigenvalue weighted by Gasteiger charge is 2.14. The van der Waals surface area contributed by atoms with E-state index in [0.29, 0.717) is 0 Å². The number of oxime groups is 1. The molecular weight excluding hydrogens is 200 g/mol. The van der Waals surface area contributed by atoms with E-state index in [2.05, 4.69) is 15.1 Å². The van der Waals surface area contributed by atoms with E-state index in [1.807, 2.05) is 0 Å². The molecule has 0 fully saturated rings. The average Bonchev–Trinajstić information content (AvgIpc) is 2.18. The van der Waals surface area contributed by atoms with Gasteiger partial charge in [-0.15, -0.1) is 0 Å². The van der Waals surface area contributed by atoms with Gasteiger partial charge in [0.05, 0.1) is 19.0 Å². The molecule has 0 aromatic carbocycles. The van der Waals surface area contributed by atoms with Gasteiger partial charge in [0.15, 0.2) is 5.69 Å². The predicted octanol–water partition coefficient (Wildman–Crippen LogP) is 0.0436. The van der Waals surface area contributed by atoms with Gasteiger partial charge < -0.3 is 15.7 Å². The summed E-state index contributed by atoms with van der Waals surface area (Å²) in [4.78, 5) is 18.9. The minimum Gasteiger partial charge on any atom is -0.461 e. The van der Waals surface area contributed by atoms with Crippen LogP contribution >= 0.6 is 0 Å². The van der Waals surface area contributed by atoms with Crippen LogP contribution in [0.4, 0.5) is 5.82 Å². The molecule has 0 aliphatic carbocycles. The maximum absolute atomic E-state index is 11.3. The van der Waals surface area contributed by atoms with Gasteiger partial charge in [-0.1, -0.05) is 5.16 Å². The van der Waals surface area contributed by atoms with E-state index in [9.17, 15) is 4.79 Å². The third-order valence-electron chi connectivity index (χ3n) is 1.47. The quantitative estimate of drug-likeness (QED) is 0.315. The molecule has 1 heterocycles. The molecule has 15 heavy (non-hydrogen) atoms. The summed E-state index contributed by atoms with van der Waals surface area (Å²) in [5, 5.41) is 11.1. The maximum atomic E-state index is 11.3. The molecule has 0 aliphatic rings. The van der Waals surface area contributed by atoms with Gasteiger partial charge in [-0.05, 0) is 6.92 Å². The molecule has 7 nitrogen and oxygen atoms in total. The average molecular weight is 210 g/mol. The lowest BCUT2D eigenvalue weighted by Crippen LogP contribution is -2.13. The first-order valence-corrected chi connectivity index (χ1v) is 4.16. The van der Waals surface area contributed by atoms with E-state index in [4.69, 9.17) is 15.7 Å². The van der Waals surface area contributed by atoms with Crippen molar-refractivity contribution in [3.63, 3.8) is 0 Å². The molecular formula is C8H10N4O3. The van der Waals surface area contributed by atoms with Gasteiger partial charge in [0.25, 0.3) is 0 Å². The number of esters is 1. The molecule has 0 saturated carbocycles. The number of carbonyl (C=O) groups is 1. The molecule has 0 saturated heterocycles. The molecule has 7 heteroatoms. The second kappa shape index (κ2) is 4.89. The van der Waals surface area contributed by atoms with Gasteiger partial charge in [0, 0.05) is 0 Å². The number of nitrogen functional groups attached to an aromatic ring is 1. The van der Waals surface area contributed by atoms with Crippen molar-refractivity contribution in [1.82, 2.24) is 9.97 Å². The first-order chi connectivity index (χ1) is 7.19. The Morgan fingerprint density at radius 2 is 2.53 bits per heavy atom. The first kappa shape index (κ1) is 10.9. The van der Waals surface area contributed by atoms with Gasteiger partial charge in [-0.3, -0.25) is 0 Å². The Bertz CT molecular complexity index is 391. The standard InChI is InChI=1S/C8H10N4O3/c1-2-15-8(13)7-5(3-11-14)12-6(9)4-10-7/h3-4,14H,2H2,1H3,(H2,9,12)/b11-3-. The van der Waals surface area contributed by atoms with E-state index >= 15 is 0 Å². The van der Waals surface area contributed by atoms with Crippen molar-refractivity contribution in [3.8, 4) is 0 Å². The predicted molar refractivity (Wildman–Crippen MR) is 51.8 cm³/mol. The van der Waals surface area contributed by atoms with Crippen LogP contribution in [0, 0.1) is 0 Å². The van der Waals surface area contributed by atoms with Crippen molar-refractivity contribution in [1.29, 1.82) is 0 Å². The lowest BCUT2D eigenvalue weighted by Gasteiger charge is -2.03. The van der Waals surface area contributed by atoms with Crippen molar-refractivity contribution in [2.75, 3.05) is 12.3 Å². The lowest BCUT2D eigenvalue weighted by molar-refractivity contribution is 0.0519. The van der Waals surface area contributed by atoms with Crippen molar-refractivity contribution in [2.24, 2.45) is 5.16 Å². The minimum absolute atomic E-state index is 0.0381. The number of ether oxygens (including phenoxy) is 1. The molecule has 1 rings (SSSR count). The Morgan fingerprint density at radius 3 is 3.13 bits per heavy atom. The van der Waals surface area contributed by atoms with Gasteiger partial charge in [-0.25, -0.2) is 14.8 Å². The number of aromatic nitrogens is 2. The molecule has 0 radical (unpaired) electrons. The Hall–Kier alpha value is -2.18. The summed E-state index contributed by atoms with van der Waals surface area (Å²) in [6.07, 6.45) is 2.19. The Balaban J connectivity index is 3.10. The van der Waals surface area contributed by atoms with Crippen LogP contribution in [-0.4, -0.2) is 34.0 Å². The van der Waals surface area contributed by atoms with Gasteiger partial charge in [0.1, 0.15) is 11.5 Å². The summed E-state index contributed by atoms with van der Waals surface area (Å²) in [6.45, 7) is 1.89. The number of rotatable bonds is 3. The van der Waals surface area contributed by atoms with Crippen LogP contribution in [0.5, 0.6) is 0 Å². The fraction of sp³-hybridized carbons (Fsp3) is 0.250. The summed E-state index contributed by atoms with van der Waals surface area (Å²) in [6, 6.07) is 0. The number of nitrogens with two attached hydrogens (primary N) is 1. The molecule has 0 aliphatic heterocycles. The summed E-state index contributed by atoms with van der Waals surface area (Å²) < 4.78 is 4.73. The molecule has 80 valence electrons. The highest BCUT2D eigenvalue weighted by Crippen LogP contribution is 2.05. The molecule has 1 aromatic heterocycles. The lowest BCUT2D eigenvalue weighted by atomic mass is 10.3. The zero-order valence-electron chi connectivity index (χ0n) is 8.04. The van der Waals surface area contributed by atoms with Crippen molar-refractivity contribution in [2.45, 2.75) is 6.92 Å². The van der Waals surface area contributed by atoms with E-state index in [1.54, 1.807) is 6.92 Å². The topological polar surface area (TPSA) is 111 Å². The number of carbonyl (C=O) groups excluding carboxylic acids is 1. The second-order valence-electron chi connectivity index (χ2n) is 2.49. The number of anilines is 1. The van der Waals surface area contributed by atoms with Crippen LogP contribution in [0.15, 0.2) is 11.4 Å². The number of nitrogens with zero attached hydrogens (tertiary/aromatic N) is 3. The van der Waals surface area contributed by atoms with Crippen LogP contribution < -0.4 is 5.73 Å². The summed E-state index contributed by atoms with van der Waals surface area (Å²) in [5.74, 6) is -0.516. The van der Waals surface area contributed by atoms with Crippen molar-refractivity contribution >= 4 is 18.0 Å². The normalized spacial score (nSPS) is 10.5. The van der Waals surface area contributed by atoms with E-state index in [1.165, 1.54) is 6.20 Å². The fourth-order valence-electron chi connectivity index (χ4n) is 0.919. The third-order valence-corrected chi connectivity index (χ3v) is 1.47. The van der Waals surface area contributed by atoms with Gasteiger partial charge in [-0.2, -0.15) is 0 Å². The smallest absolute Gasteiger partial charge is 0.359 e. The monoisotopic (exact) mass is 210 g/mol. The molecule has 0 unspecified atom stereocenters. The largest absolute Gasteiger partial charge is 0.461 e. The SMILES string of the molecule is CCOC(=O)c1ncc(N)nc1/C=N\O. The van der Waals surface area contributed by atoms with E-state index in [-0.39, 0.29) is 23.8 Å². The summed E-state index contributed by atoms with van der Waals surface area (Å²) >= 11 is 0. The van der Waals surface area contributed by atoms with Crippen LogP contribution in [-0.2, 0) is 4.74 Å². The Morgan fingerprint density at radius 1 is 1.80 bits per heavy atom. The maximum Gasteiger partial charge on any atom is 0.359 e. The van der Waals surface area contributed by atoms with Crippen LogP contribution in [0.1, 0.15) is 23.1 Å². The Labute approximate surface area is 85.6 Å². The van der Waals surface area contributed by atoms with Crippen LogP contribution in [0.2, 0.25) is 0 Å². The molecule has 0 atom stereocenters. The van der Waals surface area contributed by atoms with Crippen molar-refractivity contribution in [3.05, 3.63) is 17.6 Å². The molecule has 3 N–H and O–H groups in total. The molecule has 1 aromatic rings. The molecule has 0 bridgehead atoms. The zero-order chi connectivity index (χ0) is 11.3. The molecule has 0 amide bonds. The number of hydrogen-bond acceptors (Lipinski definition) is 7. The zero-order valence-corrected chi connectivity index (χ0v) is 8.04. The first-order valence-electron chi connectivity index (χ1n) is 4.16. The van der Waals surface area contributed by atoms with Gasteiger partial charge in [0.2, 0.25) is 0 Å². The van der Waals surface area contributed by atoms with Crippen LogP contribution in [0.3, 0.4) is 0 Å². The molecule has 0 spiro atoms. The summed E-state index contributed by atoms with van der Waals surface area (Å²) in [7, 11) is 0. The van der Waals surface area contributed by atoms with Crippen LogP contribution in [0.25, 0.3) is 0 Å². The second-order valence-corrected chi connectivity index (χ2v) is 2.49. The fourth-order valence-corrected chi connectivity index (χ4v) is 0.919. The third kappa shape index (κ3) is 2.63. The van der Waals surface area contributed by atoms with E-state index < -0.39 is 5.97 Å². The summed E-state index contributed by atoms with van der Waals surface area (Å²) in [5.41, 5.74) is 5.39.